The lowest BCUT2D eigenvalue weighted by atomic mass is 10.0. The highest BCUT2D eigenvalue weighted by Crippen LogP contribution is 2.30. The molecule has 2 aromatic carbocycles. The zero-order chi connectivity index (χ0) is 14.8. The van der Waals surface area contributed by atoms with E-state index >= 15 is 0 Å². The molecule has 1 atom stereocenters. The Bertz CT molecular complexity index is 741. The minimum atomic E-state index is 0.237. The number of halogens is 1. The molecule has 3 heteroatoms. The van der Waals surface area contributed by atoms with Crippen molar-refractivity contribution in [3.05, 3.63) is 63.6 Å². The average molecular weight is 340 g/mol. The van der Waals surface area contributed by atoms with E-state index in [1.165, 1.54) is 5.56 Å². The molecule has 1 aliphatic rings. The zero-order valence-corrected chi connectivity index (χ0v) is 13.2. The van der Waals surface area contributed by atoms with Gasteiger partial charge in [-0.3, -0.25) is 0 Å². The van der Waals surface area contributed by atoms with Gasteiger partial charge >= 0.3 is 0 Å². The van der Waals surface area contributed by atoms with Crippen LogP contribution in [0, 0.1) is 11.3 Å². The van der Waals surface area contributed by atoms with Gasteiger partial charge in [-0.1, -0.05) is 34.1 Å². The number of nitrogens with zero attached hydrogens (tertiary/aromatic N) is 1. The Morgan fingerprint density at radius 1 is 1.29 bits per heavy atom. The molecule has 2 aromatic rings. The summed E-state index contributed by atoms with van der Waals surface area (Å²) >= 11 is 3.41. The second-order valence-corrected chi connectivity index (χ2v) is 6.09. The third-order valence-corrected chi connectivity index (χ3v) is 4.04. The van der Waals surface area contributed by atoms with E-state index in [0.717, 1.165) is 27.8 Å². The fraction of sp³-hybridized carbons (Fsp3) is 0.167. The third kappa shape index (κ3) is 3.01. The molecule has 3 rings (SSSR count). The van der Waals surface area contributed by atoms with E-state index in [1.807, 2.05) is 42.5 Å². The number of benzene rings is 2. The molecule has 21 heavy (non-hydrogen) atoms. The number of allylic oxidation sites excluding steroid dienone is 1. The van der Waals surface area contributed by atoms with Crippen molar-refractivity contribution in [2.75, 3.05) is 0 Å². The van der Waals surface area contributed by atoms with Gasteiger partial charge in [-0.05, 0) is 54.0 Å². The maximum Gasteiger partial charge on any atom is 0.123 e. The van der Waals surface area contributed by atoms with E-state index in [0.29, 0.717) is 5.57 Å². The van der Waals surface area contributed by atoms with Crippen LogP contribution in [0.25, 0.3) is 11.6 Å². The average Bonchev–Trinajstić information content (AvgIpc) is 2.85. The van der Waals surface area contributed by atoms with Crippen LogP contribution in [0.15, 0.2) is 46.9 Å². The predicted molar refractivity (Wildman–Crippen MR) is 87.9 cm³/mol. The Morgan fingerprint density at radius 3 is 2.76 bits per heavy atom. The molecule has 0 fully saturated rings. The van der Waals surface area contributed by atoms with Gasteiger partial charge in [0.25, 0.3) is 0 Å². The SMILES string of the molecule is C[C@H]1Cc2cc(/C=C(\C#N)c3ccc(Br)cc3)ccc2O1. The van der Waals surface area contributed by atoms with Crippen molar-refractivity contribution in [1.82, 2.24) is 0 Å². The molecule has 0 saturated heterocycles. The fourth-order valence-corrected chi connectivity index (χ4v) is 2.77. The topological polar surface area (TPSA) is 33.0 Å². The summed E-state index contributed by atoms with van der Waals surface area (Å²) in [5, 5.41) is 9.39. The molecule has 104 valence electrons. The molecule has 0 unspecified atom stereocenters. The highest BCUT2D eigenvalue weighted by Gasteiger charge is 2.18. The lowest BCUT2D eigenvalue weighted by Crippen LogP contribution is -2.05. The van der Waals surface area contributed by atoms with Gasteiger partial charge < -0.3 is 4.74 Å². The fourth-order valence-electron chi connectivity index (χ4n) is 2.51. The maximum absolute atomic E-state index is 9.39. The molecular weight excluding hydrogens is 326 g/mol. The van der Waals surface area contributed by atoms with Crippen LogP contribution in [-0.4, -0.2) is 6.10 Å². The Kier molecular flexibility index (Phi) is 3.81. The van der Waals surface area contributed by atoms with E-state index in [-0.39, 0.29) is 6.10 Å². The van der Waals surface area contributed by atoms with Gasteiger partial charge in [0.1, 0.15) is 11.9 Å². The van der Waals surface area contributed by atoms with E-state index in [4.69, 9.17) is 4.74 Å². The summed E-state index contributed by atoms with van der Waals surface area (Å²) in [6, 6.07) is 16.1. The molecule has 0 radical (unpaired) electrons. The largest absolute Gasteiger partial charge is 0.490 e. The summed E-state index contributed by atoms with van der Waals surface area (Å²) in [6.07, 6.45) is 3.09. The van der Waals surface area contributed by atoms with E-state index in [1.54, 1.807) is 0 Å². The number of nitriles is 1. The van der Waals surface area contributed by atoms with Crippen LogP contribution in [-0.2, 0) is 6.42 Å². The Hall–Kier alpha value is -2.05. The molecular formula is C18H14BrNO. The molecule has 0 amide bonds. The normalized spacial score (nSPS) is 17.0. The highest BCUT2D eigenvalue weighted by atomic mass is 79.9. The van der Waals surface area contributed by atoms with Crippen molar-refractivity contribution in [3.63, 3.8) is 0 Å². The first-order valence-electron chi connectivity index (χ1n) is 6.83. The van der Waals surface area contributed by atoms with Crippen molar-refractivity contribution in [3.8, 4) is 11.8 Å². The van der Waals surface area contributed by atoms with Gasteiger partial charge in [-0.15, -0.1) is 0 Å². The minimum absolute atomic E-state index is 0.237. The maximum atomic E-state index is 9.39. The van der Waals surface area contributed by atoms with Gasteiger partial charge in [0.05, 0.1) is 11.6 Å². The van der Waals surface area contributed by atoms with Gasteiger partial charge in [0.2, 0.25) is 0 Å². The van der Waals surface area contributed by atoms with Crippen LogP contribution in [0.3, 0.4) is 0 Å². The third-order valence-electron chi connectivity index (χ3n) is 3.51. The lowest BCUT2D eigenvalue weighted by molar-refractivity contribution is 0.254. The standard InChI is InChI=1S/C18H14BrNO/c1-12-8-15-9-13(2-7-18(15)21-12)10-16(11-20)14-3-5-17(19)6-4-14/h2-7,9-10,12H,8H2,1H3/b16-10+/t12-/m0/s1. The first-order valence-corrected chi connectivity index (χ1v) is 7.62. The molecule has 0 N–H and O–H groups in total. The number of hydrogen-bond acceptors (Lipinski definition) is 2. The molecule has 0 aromatic heterocycles. The summed E-state index contributed by atoms with van der Waals surface area (Å²) in [4.78, 5) is 0. The van der Waals surface area contributed by atoms with Crippen molar-refractivity contribution in [2.24, 2.45) is 0 Å². The summed E-state index contributed by atoms with van der Waals surface area (Å²) in [7, 11) is 0. The Labute approximate surface area is 132 Å². The quantitative estimate of drug-likeness (QED) is 0.579. The smallest absolute Gasteiger partial charge is 0.123 e. The van der Waals surface area contributed by atoms with Gasteiger partial charge in [0, 0.05) is 10.9 Å². The minimum Gasteiger partial charge on any atom is -0.490 e. The molecule has 0 saturated carbocycles. The van der Waals surface area contributed by atoms with E-state index in [2.05, 4.69) is 35.0 Å². The second kappa shape index (κ2) is 5.75. The molecule has 1 aliphatic heterocycles. The number of ether oxygens (including phenoxy) is 1. The number of fused-ring (bicyclic) bond motifs is 1. The van der Waals surface area contributed by atoms with Crippen LogP contribution in [0.4, 0.5) is 0 Å². The van der Waals surface area contributed by atoms with Crippen molar-refractivity contribution < 1.29 is 4.74 Å². The predicted octanol–water partition coefficient (Wildman–Crippen LogP) is 4.84. The van der Waals surface area contributed by atoms with Gasteiger partial charge in [0.15, 0.2) is 0 Å². The first kappa shape index (κ1) is 13.9. The molecule has 1 heterocycles. The van der Waals surface area contributed by atoms with Crippen LogP contribution >= 0.6 is 15.9 Å². The van der Waals surface area contributed by atoms with Crippen molar-refractivity contribution in [2.45, 2.75) is 19.4 Å². The van der Waals surface area contributed by atoms with E-state index < -0.39 is 0 Å². The summed E-state index contributed by atoms with van der Waals surface area (Å²) in [5.41, 5.74) is 3.83. The van der Waals surface area contributed by atoms with Crippen molar-refractivity contribution >= 4 is 27.6 Å². The first-order chi connectivity index (χ1) is 10.2. The molecule has 0 aliphatic carbocycles. The monoisotopic (exact) mass is 339 g/mol. The van der Waals surface area contributed by atoms with E-state index in [9.17, 15) is 5.26 Å². The molecule has 2 nitrogen and oxygen atoms in total. The summed E-state index contributed by atoms with van der Waals surface area (Å²) in [6.45, 7) is 2.07. The lowest BCUT2D eigenvalue weighted by Gasteiger charge is -2.03. The second-order valence-electron chi connectivity index (χ2n) is 5.18. The van der Waals surface area contributed by atoms with Crippen LogP contribution in [0.1, 0.15) is 23.6 Å². The van der Waals surface area contributed by atoms with Crippen LogP contribution < -0.4 is 4.74 Å². The Balaban J connectivity index is 1.95. The summed E-state index contributed by atoms with van der Waals surface area (Å²) < 4.78 is 6.71. The zero-order valence-electron chi connectivity index (χ0n) is 11.6. The summed E-state index contributed by atoms with van der Waals surface area (Å²) in [5.74, 6) is 0.960. The van der Waals surface area contributed by atoms with Gasteiger partial charge in [-0.2, -0.15) is 5.26 Å². The highest BCUT2D eigenvalue weighted by molar-refractivity contribution is 9.10. The number of rotatable bonds is 2. The van der Waals surface area contributed by atoms with Gasteiger partial charge in [-0.25, -0.2) is 0 Å². The molecule has 0 spiro atoms. The number of hydrogen-bond donors (Lipinski definition) is 0. The van der Waals surface area contributed by atoms with Crippen LogP contribution in [0.5, 0.6) is 5.75 Å². The molecule has 0 bridgehead atoms. The van der Waals surface area contributed by atoms with Crippen LogP contribution in [0.2, 0.25) is 0 Å². The Morgan fingerprint density at radius 2 is 2.05 bits per heavy atom. The van der Waals surface area contributed by atoms with Crippen molar-refractivity contribution in [1.29, 1.82) is 5.26 Å².